The van der Waals surface area contributed by atoms with Gasteiger partial charge in [0.2, 0.25) is 0 Å². The average molecular weight is 293 g/mol. The number of benzene rings is 1. The van der Waals surface area contributed by atoms with E-state index < -0.39 is 23.0 Å². The van der Waals surface area contributed by atoms with Crippen LogP contribution in [0.4, 0.5) is 17.6 Å². The fraction of sp³-hybridized carbons (Fsp3) is 0.143. The predicted molar refractivity (Wildman–Crippen MR) is 45.8 cm³/mol. The third-order valence-corrected chi connectivity index (χ3v) is 1.92. The van der Waals surface area contributed by atoms with Crippen molar-refractivity contribution in [2.45, 2.75) is 6.36 Å². The first-order valence-corrected chi connectivity index (χ1v) is 4.37. The van der Waals surface area contributed by atoms with Crippen molar-refractivity contribution in [3.8, 4) is 5.75 Å². The predicted octanol–water partition coefficient (Wildman–Crippen LogP) is 4.14. The molecule has 0 unspecified atom stereocenters. The summed E-state index contributed by atoms with van der Waals surface area (Å²) in [6.45, 7) is 0. The third-order valence-electron chi connectivity index (χ3n) is 1.18. The number of halogens is 6. The van der Waals surface area contributed by atoms with Crippen LogP contribution in [0.2, 0.25) is 5.02 Å². The standard InChI is InChI=1S/C7H2BrClF4O/c8-3-1-4(9)6(5(10)2-3)14-7(11,12)13/h1-2H. The molecule has 14 heavy (non-hydrogen) atoms. The van der Waals surface area contributed by atoms with Crippen LogP contribution in [0.25, 0.3) is 0 Å². The molecule has 0 saturated heterocycles. The van der Waals surface area contributed by atoms with Crippen LogP contribution in [-0.2, 0) is 0 Å². The van der Waals surface area contributed by atoms with Gasteiger partial charge in [0.1, 0.15) is 0 Å². The normalized spacial score (nSPS) is 11.6. The molecule has 1 rings (SSSR count). The van der Waals surface area contributed by atoms with Crippen LogP contribution in [0, 0.1) is 5.82 Å². The first-order chi connectivity index (χ1) is 6.29. The molecular weight excluding hydrogens is 291 g/mol. The molecule has 1 aromatic rings. The number of rotatable bonds is 1. The van der Waals surface area contributed by atoms with E-state index in [4.69, 9.17) is 11.6 Å². The van der Waals surface area contributed by atoms with Gasteiger partial charge in [-0.3, -0.25) is 0 Å². The lowest BCUT2D eigenvalue weighted by Gasteiger charge is -2.11. The van der Waals surface area contributed by atoms with Crippen molar-refractivity contribution in [3.63, 3.8) is 0 Å². The molecule has 0 radical (unpaired) electrons. The van der Waals surface area contributed by atoms with Gasteiger partial charge in [0.15, 0.2) is 11.6 Å². The van der Waals surface area contributed by atoms with Crippen LogP contribution in [0.3, 0.4) is 0 Å². The molecule has 1 nitrogen and oxygen atoms in total. The van der Waals surface area contributed by atoms with E-state index in [1.807, 2.05) is 0 Å². The molecule has 78 valence electrons. The highest BCUT2D eigenvalue weighted by Crippen LogP contribution is 2.34. The van der Waals surface area contributed by atoms with E-state index in [0.717, 1.165) is 12.1 Å². The quantitative estimate of drug-likeness (QED) is 0.707. The molecule has 0 fully saturated rings. The molecule has 0 atom stereocenters. The van der Waals surface area contributed by atoms with Gasteiger partial charge in [0.05, 0.1) is 5.02 Å². The lowest BCUT2D eigenvalue weighted by atomic mass is 10.3. The summed E-state index contributed by atoms with van der Waals surface area (Å²) >= 11 is 8.21. The second kappa shape index (κ2) is 3.94. The van der Waals surface area contributed by atoms with Gasteiger partial charge in [-0.25, -0.2) is 4.39 Å². The molecule has 0 spiro atoms. The summed E-state index contributed by atoms with van der Waals surface area (Å²) in [5.74, 6) is -2.20. The molecule has 0 bridgehead atoms. The van der Waals surface area contributed by atoms with Crippen LogP contribution in [0.5, 0.6) is 5.75 Å². The van der Waals surface area contributed by atoms with E-state index in [0.29, 0.717) is 0 Å². The second-order valence-corrected chi connectivity index (χ2v) is 3.57. The zero-order chi connectivity index (χ0) is 10.9. The summed E-state index contributed by atoms with van der Waals surface area (Å²) in [4.78, 5) is 0. The Morgan fingerprint density at radius 2 is 1.86 bits per heavy atom. The van der Waals surface area contributed by atoms with Gasteiger partial charge in [-0.05, 0) is 12.1 Å². The minimum atomic E-state index is -4.96. The fourth-order valence-corrected chi connectivity index (χ4v) is 1.55. The molecule has 0 aliphatic heterocycles. The highest BCUT2D eigenvalue weighted by Gasteiger charge is 2.33. The van der Waals surface area contributed by atoms with E-state index in [1.165, 1.54) is 0 Å². The van der Waals surface area contributed by atoms with Crippen molar-refractivity contribution in [2.75, 3.05) is 0 Å². The molecule has 0 saturated carbocycles. The van der Waals surface area contributed by atoms with Gasteiger partial charge >= 0.3 is 6.36 Å². The Labute approximate surface area is 89.7 Å². The SMILES string of the molecule is Fc1cc(Br)cc(Cl)c1OC(F)(F)F. The molecule has 0 heterocycles. The molecule has 0 aliphatic rings. The Morgan fingerprint density at radius 3 is 2.29 bits per heavy atom. The first-order valence-electron chi connectivity index (χ1n) is 3.20. The van der Waals surface area contributed by atoms with Gasteiger partial charge in [0, 0.05) is 4.47 Å². The topological polar surface area (TPSA) is 9.23 Å². The summed E-state index contributed by atoms with van der Waals surface area (Å²) in [6.07, 6.45) is -4.96. The van der Waals surface area contributed by atoms with Gasteiger partial charge in [-0.15, -0.1) is 13.2 Å². The number of alkyl halides is 3. The van der Waals surface area contributed by atoms with Crippen molar-refractivity contribution >= 4 is 27.5 Å². The second-order valence-electron chi connectivity index (χ2n) is 2.25. The van der Waals surface area contributed by atoms with E-state index in [2.05, 4.69) is 20.7 Å². The smallest absolute Gasteiger partial charge is 0.401 e. The third kappa shape index (κ3) is 3.02. The van der Waals surface area contributed by atoms with Crippen LogP contribution < -0.4 is 4.74 Å². The van der Waals surface area contributed by atoms with Crippen molar-refractivity contribution in [1.82, 2.24) is 0 Å². The number of hydrogen-bond acceptors (Lipinski definition) is 1. The maximum absolute atomic E-state index is 12.9. The maximum Gasteiger partial charge on any atom is 0.573 e. The van der Waals surface area contributed by atoms with E-state index >= 15 is 0 Å². The summed E-state index contributed by atoms with van der Waals surface area (Å²) in [5.41, 5.74) is 0. The highest BCUT2D eigenvalue weighted by molar-refractivity contribution is 9.10. The van der Waals surface area contributed by atoms with E-state index in [-0.39, 0.29) is 4.47 Å². The largest absolute Gasteiger partial charge is 0.573 e. The highest BCUT2D eigenvalue weighted by atomic mass is 79.9. The van der Waals surface area contributed by atoms with Crippen LogP contribution >= 0.6 is 27.5 Å². The van der Waals surface area contributed by atoms with Crippen molar-refractivity contribution in [2.24, 2.45) is 0 Å². The van der Waals surface area contributed by atoms with Crippen molar-refractivity contribution in [1.29, 1.82) is 0 Å². The zero-order valence-corrected chi connectivity index (χ0v) is 8.67. The lowest BCUT2D eigenvalue weighted by Crippen LogP contribution is -2.18. The van der Waals surface area contributed by atoms with Crippen LogP contribution in [-0.4, -0.2) is 6.36 Å². The molecular formula is C7H2BrClF4O. The minimum absolute atomic E-state index is 0.231. The fourth-order valence-electron chi connectivity index (χ4n) is 0.742. The van der Waals surface area contributed by atoms with Crippen LogP contribution in [0.15, 0.2) is 16.6 Å². The molecule has 1 aromatic carbocycles. The number of hydrogen-bond donors (Lipinski definition) is 0. The minimum Gasteiger partial charge on any atom is -0.401 e. The van der Waals surface area contributed by atoms with Gasteiger partial charge in [-0.1, -0.05) is 27.5 Å². The van der Waals surface area contributed by atoms with Gasteiger partial charge < -0.3 is 4.74 Å². The zero-order valence-electron chi connectivity index (χ0n) is 6.33. The molecule has 0 aromatic heterocycles. The Morgan fingerprint density at radius 1 is 1.29 bits per heavy atom. The lowest BCUT2D eigenvalue weighted by molar-refractivity contribution is -0.275. The molecule has 0 amide bonds. The summed E-state index contributed by atoms with van der Waals surface area (Å²) in [6, 6.07) is 1.93. The number of ether oxygens (including phenoxy) is 1. The summed E-state index contributed by atoms with van der Waals surface area (Å²) in [7, 11) is 0. The average Bonchev–Trinajstić information content (AvgIpc) is 1.95. The van der Waals surface area contributed by atoms with Crippen molar-refractivity contribution in [3.05, 3.63) is 27.4 Å². The van der Waals surface area contributed by atoms with Gasteiger partial charge in [0.25, 0.3) is 0 Å². The van der Waals surface area contributed by atoms with Crippen LogP contribution in [0.1, 0.15) is 0 Å². The Balaban J connectivity index is 3.09. The molecule has 7 heteroatoms. The van der Waals surface area contributed by atoms with Gasteiger partial charge in [-0.2, -0.15) is 0 Å². The monoisotopic (exact) mass is 292 g/mol. The maximum atomic E-state index is 12.9. The Hall–Kier alpha value is -0.490. The van der Waals surface area contributed by atoms with E-state index in [9.17, 15) is 17.6 Å². The summed E-state index contributed by atoms with van der Waals surface area (Å²) < 4.78 is 51.8. The van der Waals surface area contributed by atoms with E-state index in [1.54, 1.807) is 0 Å². The van der Waals surface area contributed by atoms with Crippen molar-refractivity contribution < 1.29 is 22.3 Å². The molecule has 0 N–H and O–H groups in total. The Bertz CT molecular complexity index is 329. The Kier molecular flexibility index (Phi) is 3.26. The summed E-state index contributed by atoms with van der Waals surface area (Å²) in [5, 5.41) is -0.450. The molecule has 0 aliphatic carbocycles. The first kappa shape index (κ1) is 11.6.